The standard InChI is InChI=1S/C15H12ClN3OS/c1-19-9-8-14(18-19)17-15(20)13-7-6-12(21-13)10-2-4-11(16)5-3-10/h2-9H,1H3,(H,17,18,20). The molecule has 1 aromatic carbocycles. The van der Waals surface area contributed by atoms with Crippen LogP contribution in [0.15, 0.2) is 48.7 Å². The van der Waals surface area contributed by atoms with Gasteiger partial charge in [0.2, 0.25) is 0 Å². The first-order valence-electron chi connectivity index (χ1n) is 6.28. The summed E-state index contributed by atoms with van der Waals surface area (Å²) in [6.07, 6.45) is 1.78. The SMILES string of the molecule is Cn1ccc(NC(=O)c2ccc(-c3ccc(Cl)cc3)s2)n1. The van der Waals surface area contributed by atoms with Crippen LogP contribution in [0.5, 0.6) is 0 Å². The van der Waals surface area contributed by atoms with Crippen LogP contribution in [0, 0.1) is 0 Å². The number of hydrogen-bond acceptors (Lipinski definition) is 3. The van der Waals surface area contributed by atoms with Gasteiger partial charge in [-0.2, -0.15) is 5.10 Å². The number of aromatic nitrogens is 2. The largest absolute Gasteiger partial charge is 0.304 e. The van der Waals surface area contributed by atoms with Gasteiger partial charge >= 0.3 is 0 Å². The van der Waals surface area contributed by atoms with E-state index >= 15 is 0 Å². The summed E-state index contributed by atoms with van der Waals surface area (Å²) in [4.78, 5) is 13.8. The summed E-state index contributed by atoms with van der Waals surface area (Å²) in [7, 11) is 1.80. The number of benzene rings is 1. The Hall–Kier alpha value is -2.11. The lowest BCUT2D eigenvalue weighted by Crippen LogP contribution is -2.10. The van der Waals surface area contributed by atoms with Gasteiger partial charge in [-0.3, -0.25) is 9.48 Å². The second-order valence-corrected chi connectivity index (χ2v) is 6.02. The molecule has 6 heteroatoms. The summed E-state index contributed by atoms with van der Waals surface area (Å²) in [6, 6.07) is 13.1. The van der Waals surface area contributed by atoms with Crippen molar-refractivity contribution in [1.82, 2.24) is 9.78 Å². The van der Waals surface area contributed by atoms with Crippen LogP contribution in [-0.2, 0) is 7.05 Å². The van der Waals surface area contributed by atoms with Crippen LogP contribution in [0.1, 0.15) is 9.67 Å². The van der Waals surface area contributed by atoms with Crippen LogP contribution in [-0.4, -0.2) is 15.7 Å². The van der Waals surface area contributed by atoms with Crippen LogP contribution in [0.3, 0.4) is 0 Å². The van der Waals surface area contributed by atoms with Crippen molar-refractivity contribution in [3.05, 3.63) is 58.6 Å². The Morgan fingerprint density at radius 2 is 1.95 bits per heavy atom. The number of amides is 1. The summed E-state index contributed by atoms with van der Waals surface area (Å²) in [5.41, 5.74) is 1.04. The molecule has 0 unspecified atom stereocenters. The molecule has 1 N–H and O–H groups in total. The average Bonchev–Trinajstić information content (AvgIpc) is 3.09. The highest BCUT2D eigenvalue weighted by atomic mass is 35.5. The second kappa shape index (κ2) is 5.71. The zero-order valence-electron chi connectivity index (χ0n) is 11.2. The molecule has 0 aliphatic rings. The number of thiophene rings is 1. The monoisotopic (exact) mass is 317 g/mol. The number of nitrogens with zero attached hydrogens (tertiary/aromatic N) is 2. The van der Waals surface area contributed by atoms with Gasteiger partial charge in [0.05, 0.1) is 4.88 Å². The van der Waals surface area contributed by atoms with Gasteiger partial charge < -0.3 is 5.32 Å². The summed E-state index contributed by atoms with van der Waals surface area (Å²) >= 11 is 7.31. The molecule has 0 bridgehead atoms. The van der Waals surface area contributed by atoms with E-state index in [0.717, 1.165) is 10.4 Å². The maximum atomic E-state index is 12.2. The van der Waals surface area contributed by atoms with Crippen molar-refractivity contribution >= 4 is 34.7 Å². The summed E-state index contributed by atoms with van der Waals surface area (Å²) in [5, 5.41) is 7.59. The molecule has 2 aromatic heterocycles. The van der Waals surface area contributed by atoms with Crippen molar-refractivity contribution in [3.8, 4) is 10.4 Å². The number of aryl methyl sites for hydroxylation is 1. The van der Waals surface area contributed by atoms with E-state index in [-0.39, 0.29) is 5.91 Å². The fraction of sp³-hybridized carbons (Fsp3) is 0.0667. The van der Waals surface area contributed by atoms with Crippen LogP contribution in [0.25, 0.3) is 10.4 Å². The molecule has 0 aliphatic carbocycles. The average molecular weight is 318 g/mol. The molecule has 0 atom stereocenters. The molecule has 21 heavy (non-hydrogen) atoms. The molecular formula is C15H12ClN3OS. The first-order chi connectivity index (χ1) is 10.1. The molecule has 3 aromatic rings. The van der Waals surface area contributed by atoms with E-state index < -0.39 is 0 Å². The first-order valence-corrected chi connectivity index (χ1v) is 7.48. The minimum absolute atomic E-state index is 0.154. The van der Waals surface area contributed by atoms with E-state index in [4.69, 9.17) is 11.6 Å². The van der Waals surface area contributed by atoms with Crippen molar-refractivity contribution in [1.29, 1.82) is 0 Å². The van der Waals surface area contributed by atoms with Crippen molar-refractivity contribution in [2.24, 2.45) is 7.05 Å². The van der Waals surface area contributed by atoms with E-state index in [1.54, 1.807) is 24.0 Å². The van der Waals surface area contributed by atoms with Gasteiger partial charge in [0.15, 0.2) is 5.82 Å². The van der Waals surface area contributed by atoms with Gasteiger partial charge in [0, 0.05) is 29.2 Å². The lowest BCUT2D eigenvalue weighted by Gasteiger charge is -1.99. The van der Waals surface area contributed by atoms with Crippen LogP contribution in [0.2, 0.25) is 5.02 Å². The Bertz CT molecular complexity index is 776. The molecule has 0 radical (unpaired) electrons. The number of hydrogen-bond donors (Lipinski definition) is 1. The summed E-state index contributed by atoms with van der Waals surface area (Å²) in [5.74, 6) is 0.392. The molecule has 0 spiro atoms. The molecule has 106 valence electrons. The van der Waals surface area contributed by atoms with E-state index in [2.05, 4.69) is 10.4 Å². The third-order valence-corrected chi connectivity index (χ3v) is 4.30. The molecular weight excluding hydrogens is 306 g/mol. The van der Waals surface area contributed by atoms with Gasteiger partial charge in [-0.15, -0.1) is 11.3 Å². The minimum atomic E-state index is -0.154. The smallest absolute Gasteiger partial charge is 0.266 e. The number of carbonyl (C=O) groups is 1. The molecule has 0 fully saturated rings. The van der Waals surface area contributed by atoms with Crippen LogP contribution < -0.4 is 5.32 Å². The van der Waals surface area contributed by atoms with E-state index in [1.807, 2.05) is 36.4 Å². The second-order valence-electron chi connectivity index (χ2n) is 4.50. The molecule has 0 saturated carbocycles. The third kappa shape index (κ3) is 3.15. The van der Waals surface area contributed by atoms with Crippen molar-refractivity contribution in [3.63, 3.8) is 0 Å². The molecule has 1 amide bonds. The molecule has 0 saturated heterocycles. The van der Waals surface area contributed by atoms with E-state index in [1.165, 1.54) is 11.3 Å². The number of anilines is 1. The predicted molar refractivity (Wildman–Crippen MR) is 85.9 cm³/mol. The van der Waals surface area contributed by atoms with Gasteiger partial charge in [0.25, 0.3) is 5.91 Å². The zero-order valence-corrected chi connectivity index (χ0v) is 12.8. The van der Waals surface area contributed by atoms with Crippen molar-refractivity contribution < 1.29 is 4.79 Å². The van der Waals surface area contributed by atoms with Gasteiger partial charge in [-0.05, 0) is 29.8 Å². The molecule has 3 rings (SSSR count). The lowest BCUT2D eigenvalue weighted by molar-refractivity contribution is 0.103. The van der Waals surface area contributed by atoms with Crippen molar-refractivity contribution in [2.75, 3.05) is 5.32 Å². The lowest BCUT2D eigenvalue weighted by atomic mass is 10.2. The fourth-order valence-corrected chi connectivity index (χ4v) is 2.92. The normalized spacial score (nSPS) is 10.6. The van der Waals surface area contributed by atoms with E-state index in [9.17, 15) is 4.79 Å². The number of rotatable bonds is 3. The maximum Gasteiger partial charge on any atom is 0.266 e. The Kier molecular flexibility index (Phi) is 3.77. The molecule has 2 heterocycles. The highest BCUT2D eigenvalue weighted by Gasteiger charge is 2.11. The predicted octanol–water partition coefficient (Wildman–Crippen LogP) is 4.05. The van der Waals surface area contributed by atoms with Gasteiger partial charge in [0.1, 0.15) is 0 Å². The Labute approximate surface area is 131 Å². The first kappa shape index (κ1) is 13.9. The fourth-order valence-electron chi connectivity index (χ4n) is 1.89. The summed E-state index contributed by atoms with van der Waals surface area (Å²) < 4.78 is 1.64. The number of nitrogens with one attached hydrogen (secondary N) is 1. The minimum Gasteiger partial charge on any atom is -0.304 e. The Morgan fingerprint density at radius 1 is 1.19 bits per heavy atom. The van der Waals surface area contributed by atoms with Crippen LogP contribution >= 0.6 is 22.9 Å². The van der Waals surface area contributed by atoms with Gasteiger partial charge in [-0.1, -0.05) is 23.7 Å². The topological polar surface area (TPSA) is 46.9 Å². The third-order valence-electron chi connectivity index (χ3n) is 2.91. The van der Waals surface area contributed by atoms with Crippen LogP contribution in [0.4, 0.5) is 5.82 Å². The highest BCUT2D eigenvalue weighted by molar-refractivity contribution is 7.17. The maximum absolute atomic E-state index is 12.2. The number of carbonyl (C=O) groups excluding carboxylic acids is 1. The molecule has 4 nitrogen and oxygen atoms in total. The quantitative estimate of drug-likeness (QED) is 0.792. The summed E-state index contributed by atoms with van der Waals surface area (Å²) in [6.45, 7) is 0. The Balaban J connectivity index is 1.78. The van der Waals surface area contributed by atoms with Crippen molar-refractivity contribution in [2.45, 2.75) is 0 Å². The Morgan fingerprint density at radius 3 is 2.62 bits per heavy atom. The molecule has 0 aliphatic heterocycles. The van der Waals surface area contributed by atoms with Gasteiger partial charge in [-0.25, -0.2) is 0 Å². The zero-order chi connectivity index (χ0) is 14.8. The van der Waals surface area contributed by atoms with E-state index in [0.29, 0.717) is 15.7 Å². The highest BCUT2D eigenvalue weighted by Crippen LogP contribution is 2.29. The number of halogens is 1.